The van der Waals surface area contributed by atoms with Crippen molar-refractivity contribution in [1.82, 2.24) is 0 Å². The summed E-state index contributed by atoms with van der Waals surface area (Å²) in [5.74, 6) is 0.106. The van der Waals surface area contributed by atoms with Crippen molar-refractivity contribution in [2.45, 2.75) is 13.3 Å². The van der Waals surface area contributed by atoms with Crippen LogP contribution in [0.1, 0.15) is 13.3 Å². The maximum atomic E-state index is 10.1. The van der Waals surface area contributed by atoms with Crippen molar-refractivity contribution in [2.75, 3.05) is 7.11 Å². The van der Waals surface area contributed by atoms with Gasteiger partial charge in [-0.15, -0.1) is 0 Å². The summed E-state index contributed by atoms with van der Waals surface area (Å²) in [6, 6.07) is 0. The van der Waals surface area contributed by atoms with Crippen LogP contribution >= 0.6 is 0 Å². The summed E-state index contributed by atoms with van der Waals surface area (Å²) in [4.78, 5) is 10.1. The van der Waals surface area contributed by atoms with Crippen molar-refractivity contribution in [2.24, 2.45) is 0 Å². The Bertz CT molecular complexity index is 106. The highest BCUT2D eigenvalue weighted by atomic mass is 16.5. The number of rotatable bonds is 3. The third-order valence-corrected chi connectivity index (χ3v) is 0.743. The molecule has 0 amide bonds. The van der Waals surface area contributed by atoms with Crippen LogP contribution in [0.15, 0.2) is 25.5 Å². The molecule has 0 saturated carbocycles. The van der Waals surface area contributed by atoms with Gasteiger partial charge in [-0.25, -0.2) is 0 Å². The van der Waals surface area contributed by atoms with Gasteiger partial charge in [0.2, 0.25) is 0 Å². The number of hydrogen-bond donors (Lipinski definition) is 0. The fourth-order valence-electron chi connectivity index (χ4n) is 0.144. The van der Waals surface area contributed by atoms with Crippen LogP contribution in [0.3, 0.4) is 0 Å². The molecule has 0 N–H and O–H groups in total. The van der Waals surface area contributed by atoms with Gasteiger partial charge in [0, 0.05) is 6.42 Å². The lowest BCUT2D eigenvalue weighted by atomic mass is 10.3. The molecular formula is C8H14O2. The van der Waals surface area contributed by atoms with Crippen LogP contribution in [0.4, 0.5) is 0 Å². The molecule has 0 unspecified atom stereocenters. The molecule has 0 atom stereocenters. The van der Waals surface area contributed by atoms with E-state index >= 15 is 0 Å². The molecule has 0 fully saturated rings. The molecule has 0 spiro atoms. The first kappa shape index (κ1) is 11.7. The van der Waals surface area contributed by atoms with Gasteiger partial charge in [-0.1, -0.05) is 20.1 Å². The van der Waals surface area contributed by atoms with Crippen LogP contribution in [0.5, 0.6) is 0 Å². The molecule has 0 bridgehead atoms. The van der Waals surface area contributed by atoms with E-state index in [0.717, 1.165) is 0 Å². The predicted molar refractivity (Wildman–Crippen MR) is 42.7 cm³/mol. The third-order valence-electron chi connectivity index (χ3n) is 0.743. The second-order valence-corrected chi connectivity index (χ2v) is 1.43. The van der Waals surface area contributed by atoms with Crippen molar-refractivity contribution < 1.29 is 9.53 Å². The molecule has 0 radical (unpaired) electrons. The number of ether oxygens (including phenoxy) is 1. The monoisotopic (exact) mass is 142 g/mol. The molecule has 0 aromatic carbocycles. The summed E-state index contributed by atoms with van der Waals surface area (Å²) in [6.07, 6.45) is 3.28. The molecular weight excluding hydrogens is 128 g/mol. The SMILES string of the molecule is C=CC(=O)CC.C=COC. The smallest absolute Gasteiger partial charge is 0.154 e. The number of carbonyl (C=O) groups excluding carboxylic acids is 1. The normalized spacial score (nSPS) is 6.60. The van der Waals surface area contributed by atoms with Crippen molar-refractivity contribution in [1.29, 1.82) is 0 Å². The van der Waals surface area contributed by atoms with E-state index in [9.17, 15) is 4.79 Å². The molecule has 2 heteroatoms. The first-order valence-corrected chi connectivity index (χ1v) is 3.01. The summed E-state index contributed by atoms with van der Waals surface area (Å²) < 4.78 is 4.31. The van der Waals surface area contributed by atoms with Crippen LogP contribution in [-0.2, 0) is 9.53 Å². The summed E-state index contributed by atoms with van der Waals surface area (Å²) in [7, 11) is 1.56. The van der Waals surface area contributed by atoms with Crippen molar-refractivity contribution >= 4 is 5.78 Å². The Morgan fingerprint density at radius 3 is 2.00 bits per heavy atom. The van der Waals surface area contributed by atoms with Gasteiger partial charge < -0.3 is 4.74 Å². The van der Waals surface area contributed by atoms with Gasteiger partial charge in [-0.3, -0.25) is 4.79 Å². The number of carbonyl (C=O) groups is 1. The maximum Gasteiger partial charge on any atom is 0.154 e. The highest BCUT2D eigenvalue weighted by molar-refractivity contribution is 5.88. The Labute approximate surface area is 62.2 Å². The molecule has 2 nitrogen and oxygen atoms in total. The van der Waals surface area contributed by atoms with E-state index in [1.807, 2.05) is 6.92 Å². The Morgan fingerprint density at radius 1 is 1.60 bits per heavy atom. The van der Waals surface area contributed by atoms with Crippen LogP contribution in [0.25, 0.3) is 0 Å². The molecule has 0 aliphatic carbocycles. The van der Waals surface area contributed by atoms with Gasteiger partial charge in [0.15, 0.2) is 5.78 Å². The molecule has 0 heterocycles. The van der Waals surface area contributed by atoms with Crippen LogP contribution < -0.4 is 0 Å². The Balaban J connectivity index is 0. The predicted octanol–water partition coefficient (Wildman–Crippen LogP) is 1.93. The Kier molecular flexibility index (Phi) is 12.7. The highest BCUT2D eigenvalue weighted by Gasteiger charge is 1.81. The molecule has 10 heavy (non-hydrogen) atoms. The lowest BCUT2D eigenvalue weighted by Gasteiger charge is -1.75. The van der Waals surface area contributed by atoms with Crippen LogP contribution in [0, 0.1) is 0 Å². The van der Waals surface area contributed by atoms with Crippen molar-refractivity contribution in [3.05, 3.63) is 25.5 Å². The summed E-state index contributed by atoms with van der Waals surface area (Å²) in [6.45, 7) is 8.35. The zero-order valence-electron chi connectivity index (χ0n) is 6.59. The first-order chi connectivity index (χ1) is 4.72. The molecule has 0 aliphatic heterocycles. The number of allylic oxidation sites excluding steroid dienone is 1. The van der Waals surface area contributed by atoms with E-state index in [4.69, 9.17) is 0 Å². The molecule has 0 saturated heterocycles. The van der Waals surface area contributed by atoms with Gasteiger partial charge in [0.1, 0.15) is 0 Å². The summed E-state index contributed by atoms with van der Waals surface area (Å²) >= 11 is 0. The Hall–Kier alpha value is -1.05. The summed E-state index contributed by atoms with van der Waals surface area (Å²) in [5, 5.41) is 0. The number of ketones is 1. The standard InChI is InChI=1S/C5H8O.C3H6O/c1-3-5(6)4-2;1-3-4-2/h3H,1,4H2,2H3;3H,1H2,2H3. The Morgan fingerprint density at radius 2 is 2.00 bits per heavy atom. The second kappa shape index (κ2) is 10.8. The number of hydrogen-bond acceptors (Lipinski definition) is 2. The van der Waals surface area contributed by atoms with E-state index < -0.39 is 0 Å². The van der Waals surface area contributed by atoms with Gasteiger partial charge in [-0.2, -0.15) is 0 Å². The maximum absolute atomic E-state index is 10.1. The minimum Gasteiger partial charge on any atom is -0.505 e. The van der Waals surface area contributed by atoms with Gasteiger partial charge in [-0.05, 0) is 6.08 Å². The third kappa shape index (κ3) is 15.8. The molecule has 0 rings (SSSR count). The zero-order valence-corrected chi connectivity index (χ0v) is 6.59. The highest BCUT2D eigenvalue weighted by Crippen LogP contribution is 1.76. The average Bonchev–Trinajstić information content (AvgIpc) is 2.03. The van der Waals surface area contributed by atoms with Crippen LogP contribution in [0.2, 0.25) is 0 Å². The quantitative estimate of drug-likeness (QED) is 0.444. The van der Waals surface area contributed by atoms with E-state index in [1.54, 1.807) is 7.11 Å². The molecule has 58 valence electrons. The summed E-state index contributed by atoms with van der Waals surface area (Å²) in [5.41, 5.74) is 0. The lowest BCUT2D eigenvalue weighted by molar-refractivity contribution is -0.114. The molecule has 0 aliphatic rings. The lowest BCUT2D eigenvalue weighted by Crippen LogP contribution is -1.83. The topological polar surface area (TPSA) is 26.3 Å². The minimum atomic E-state index is 0.106. The van der Waals surface area contributed by atoms with Gasteiger partial charge in [0.25, 0.3) is 0 Å². The largest absolute Gasteiger partial charge is 0.505 e. The first-order valence-electron chi connectivity index (χ1n) is 3.01. The van der Waals surface area contributed by atoms with E-state index in [0.29, 0.717) is 6.42 Å². The fraction of sp³-hybridized carbons (Fsp3) is 0.375. The van der Waals surface area contributed by atoms with Crippen LogP contribution in [-0.4, -0.2) is 12.9 Å². The zero-order chi connectivity index (χ0) is 8.41. The van der Waals surface area contributed by atoms with Gasteiger partial charge >= 0.3 is 0 Å². The average molecular weight is 142 g/mol. The van der Waals surface area contributed by atoms with Crippen molar-refractivity contribution in [3.8, 4) is 0 Å². The minimum absolute atomic E-state index is 0.106. The van der Waals surface area contributed by atoms with E-state index in [-0.39, 0.29) is 5.78 Å². The van der Waals surface area contributed by atoms with Crippen molar-refractivity contribution in [3.63, 3.8) is 0 Å². The fourth-order valence-corrected chi connectivity index (χ4v) is 0.144. The number of methoxy groups -OCH3 is 1. The van der Waals surface area contributed by atoms with E-state index in [2.05, 4.69) is 17.9 Å². The molecule has 0 aromatic heterocycles. The van der Waals surface area contributed by atoms with E-state index in [1.165, 1.54) is 12.3 Å². The molecule has 0 aromatic rings. The second-order valence-electron chi connectivity index (χ2n) is 1.43. The van der Waals surface area contributed by atoms with Gasteiger partial charge in [0.05, 0.1) is 13.4 Å².